The van der Waals surface area contributed by atoms with Crippen LogP contribution in [0.2, 0.25) is 0 Å². The Hall–Kier alpha value is -0.0700. The molecule has 0 radical (unpaired) electrons. The molecular weight excluding hydrogens is 234 g/mol. The molecule has 1 aromatic heterocycles. The molecule has 0 spiro atoms. The molecule has 0 atom stereocenters. The van der Waals surface area contributed by atoms with E-state index in [1.807, 2.05) is 11.8 Å². The van der Waals surface area contributed by atoms with E-state index in [9.17, 15) is 0 Å². The number of nitrogens with one attached hydrogen (secondary N) is 1. The van der Waals surface area contributed by atoms with Gasteiger partial charge in [-0.3, -0.25) is 5.10 Å². The topological polar surface area (TPSA) is 31.9 Å². The number of hydrogen-bond donors (Lipinski definition) is 1. The van der Waals surface area contributed by atoms with E-state index >= 15 is 0 Å². The van der Waals surface area contributed by atoms with Gasteiger partial charge in [-0.1, -0.05) is 11.3 Å². The highest BCUT2D eigenvalue weighted by Crippen LogP contribution is 2.26. The lowest BCUT2D eigenvalue weighted by atomic mass is 10.1. The van der Waals surface area contributed by atoms with Crippen molar-refractivity contribution in [1.29, 1.82) is 0 Å². The summed E-state index contributed by atoms with van der Waals surface area (Å²) < 4.78 is 0.770. The molecule has 0 aliphatic carbocycles. The van der Waals surface area contributed by atoms with Crippen molar-refractivity contribution in [2.75, 3.05) is 24.2 Å². The molecule has 1 N–H and O–H groups in total. The zero-order chi connectivity index (χ0) is 9.97. The molecule has 0 unspecified atom stereocenters. The average Bonchev–Trinajstić information content (AvgIpc) is 2.65. The van der Waals surface area contributed by atoms with Crippen LogP contribution in [0.4, 0.5) is 5.13 Å². The SMILES string of the molecule is CSC1CCN(c2n[nH]c(=S)s2)CC1. The van der Waals surface area contributed by atoms with Gasteiger partial charge in [0.15, 0.2) is 3.95 Å². The molecule has 1 aliphatic rings. The van der Waals surface area contributed by atoms with Gasteiger partial charge in [-0.2, -0.15) is 11.8 Å². The number of nitrogens with zero attached hydrogens (tertiary/aromatic N) is 2. The Kier molecular flexibility index (Phi) is 3.46. The first kappa shape index (κ1) is 10.4. The zero-order valence-corrected chi connectivity index (χ0v) is 10.5. The molecule has 1 saturated heterocycles. The predicted octanol–water partition coefficient (Wildman–Crippen LogP) is 2.53. The Morgan fingerprint density at radius 1 is 1.57 bits per heavy atom. The monoisotopic (exact) mass is 247 g/mol. The van der Waals surface area contributed by atoms with Crippen molar-refractivity contribution < 1.29 is 0 Å². The van der Waals surface area contributed by atoms with Crippen molar-refractivity contribution in [2.24, 2.45) is 0 Å². The number of aromatic nitrogens is 2. The van der Waals surface area contributed by atoms with Crippen LogP contribution in [-0.4, -0.2) is 34.8 Å². The van der Waals surface area contributed by atoms with E-state index in [1.54, 1.807) is 11.3 Å². The van der Waals surface area contributed by atoms with Crippen LogP contribution in [0.1, 0.15) is 12.8 Å². The zero-order valence-electron chi connectivity index (χ0n) is 8.02. The number of anilines is 1. The molecular formula is C8H13N3S3. The van der Waals surface area contributed by atoms with E-state index < -0.39 is 0 Å². The Morgan fingerprint density at radius 3 is 2.79 bits per heavy atom. The van der Waals surface area contributed by atoms with Crippen LogP contribution in [0.3, 0.4) is 0 Å². The van der Waals surface area contributed by atoms with Gasteiger partial charge in [-0.15, -0.1) is 5.10 Å². The molecule has 1 aliphatic heterocycles. The van der Waals surface area contributed by atoms with E-state index in [4.69, 9.17) is 12.2 Å². The van der Waals surface area contributed by atoms with Crippen molar-refractivity contribution in [3.05, 3.63) is 3.95 Å². The maximum Gasteiger partial charge on any atom is 0.206 e. The van der Waals surface area contributed by atoms with Gasteiger partial charge in [0.25, 0.3) is 0 Å². The lowest BCUT2D eigenvalue weighted by Crippen LogP contribution is -2.34. The van der Waals surface area contributed by atoms with E-state index in [0.717, 1.165) is 27.4 Å². The summed E-state index contributed by atoms with van der Waals surface area (Å²) in [6, 6.07) is 0. The molecule has 0 bridgehead atoms. The van der Waals surface area contributed by atoms with Crippen molar-refractivity contribution in [2.45, 2.75) is 18.1 Å². The molecule has 2 rings (SSSR count). The summed E-state index contributed by atoms with van der Waals surface area (Å²) in [6.45, 7) is 2.23. The second-order valence-corrected chi connectivity index (χ2v) is 6.10. The second-order valence-electron chi connectivity index (χ2n) is 3.32. The third-order valence-electron chi connectivity index (χ3n) is 2.47. The molecule has 2 heterocycles. The summed E-state index contributed by atoms with van der Waals surface area (Å²) in [5.41, 5.74) is 0. The molecule has 6 heteroatoms. The van der Waals surface area contributed by atoms with Crippen molar-refractivity contribution >= 4 is 40.4 Å². The smallest absolute Gasteiger partial charge is 0.206 e. The number of H-pyrrole nitrogens is 1. The minimum absolute atomic E-state index is 0.770. The first-order chi connectivity index (χ1) is 6.79. The summed E-state index contributed by atoms with van der Waals surface area (Å²) in [7, 11) is 0. The summed E-state index contributed by atoms with van der Waals surface area (Å²) in [5, 5.41) is 8.91. The normalized spacial score (nSPS) is 18.8. The van der Waals surface area contributed by atoms with Crippen LogP contribution in [0.5, 0.6) is 0 Å². The molecule has 1 aromatic rings. The number of piperidine rings is 1. The number of hydrogen-bond acceptors (Lipinski definition) is 5. The summed E-state index contributed by atoms with van der Waals surface area (Å²) in [5.74, 6) is 0. The summed E-state index contributed by atoms with van der Waals surface area (Å²) in [4.78, 5) is 2.32. The first-order valence-electron chi connectivity index (χ1n) is 4.63. The highest BCUT2D eigenvalue weighted by atomic mass is 32.2. The minimum atomic E-state index is 0.770. The molecule has 14 heavy (non-hydrogen) atoms. The summed E-state index contributed by atoms with van der Waals surface area (Å²) >= 11 is 8.56. The van der Waals surface area contributed by atoms with Crippen LogP contribution in [0.25, 0.3) is 0 Å². The molecule has 0 amide bonds. The second kappa shape index (κ2) is 4.63. The molecule has 0 aromatic carbocycles. The highest BCUT2D eigenvalue weighted by molar-refractivity contribution is 7.99. The Morgan fingerprint density at radius 2 is 2.29 bits per heavy atom. The third-order valence-corrected chi connectivity index (χ3v) is 4.76. The largest absolute Gasteiger partial charge is 0.347 e. The van der Waals surface area contributed by atoms with Crippen molar-refractivity contribution in [3.8, 4) is 0 Å². The van der Waals surface area contributed by atoms with Crippen LogP contribution >= 0.6 is 35.3 Å². The van der Waals surface area contributed by atoms with Crippen molar-refractivity contribution in [1.82, 2.24) is 10.2 Å². The Labute approximate surface area is 96.9 Å². The highest BCUT2D eigenvalue weighted by Gasteiger charge is 2.19. The van der Waals surface area contributed by atoms with Gasteiger partial charge < -0.3 is 4.90 Å². The number of aromatic amines is 1. The molecule has 78 valence electrons. The predicted molar refractivity (Wildman–Crippen MR) is 66.0 cm³/mol. The van der Waals surface area contributed by atoms with Crippen LogP contribution in [0.15, 0.2) is 0 Å². The molecule has 1 fully saturated rings. The van der Waals surface area contributed by atoms with Crippen LogP contribution < -0.4 is 4.90 Å². The maximum atomic E-state index is 5.02. The van der Waals surface area contributed by atoms with Crippen LogP contribution in [0, 0.1) is 3.95 Å². The fraction of sp³-hybridized carbons (Fsp3) is 0.750. The van der Waals surface area contributed by atoms with Crippen LogP contribution in [-0.2, 0) is 0 Å². The van der Waals surface area contributed by atoms with E-state index in [0.29, 0.717) is 0 Å². The lowest BCUT2D eigenvalue weighted by molar-refractivity contribution is 0.589. The standard InChI is InChI=1S/C8H13N3S3/c1-13-6-2-4-11(5-3-6)7-9-10-8(12)14-7/h6H,2-5H2,1H3,(H,10,12). The number of rotatable bonds is 2. The van der Waals surface area contributed by atoms with Gasteiger partial charge in [-0.05, 0) is 31.3 Å². The third kappa shape index (κ3) is 2.29. The average molecular weight is 247 g/mol. The Balaban J connectivity index is 1.98. The van der Waals surface area contributed by atoms with Gasteiger partial charge in [0, 0.05) is 18.3 Å². The van der Waals surface area contributed by atoms with Gasteiger partial charge in [0.05, 0.1) is 0 Å². The number of thioether (sulfide) groups is 1. The van der Waals surface area contributed by atoms with E-state index in [2.05, 4.69) is 21.4 Å². The lowest BCUT2D eigenvalue weighted by Gasteiger charge is -2.30. The van der Waals surface area contributed by atoms with Gasteiger partial charge in [-0.25, -0.2) is 0 Å². The van der Waals surface area contributed by atoms with Crippen molar-refractivity contribution in [3.63, 3.8) is 0 Å². The Bertz CT molecular complexity index is 338. The minimum Gasteiger partial charge on any atom is -0.347 e. The van der Waals surface area contributed by atoms with Gasteiger partial charge in [0.2, 0.25) is 5.13 Å². The quantitative estimate of drug-likeness (QED) is 0.814. The van der Waals surface area contributed by atoms with Gasteiger partial charge >= 0.3 is 0 Å². The van der Waals surface area contributed by atoms with E-state index in [-0.39, 0.29) is 0 Å². The fourth-order valence-corrected chi connectivity index (χ4v) is 3.25. The van der Waals surface area contributed by atoms with Gasteiger partial charge in [0.1, 0.15) is 0 Å². The maximum absolute atomic E-state index is 5.02. The first-order valence-corrected chi connectivity index (χ1v) is 7.14. The molecule has 3 nitrogen and oxygen atoms in total. The molecule has 0 saturated carbocycles. The van der Waals surface area contributed by atoms with E-state index in [1.165, 1.54) is 12.8 Å². The summed E-state index contributed by atoms with van der Waals surface area (Å²) in [6.07, 6.45) is 4.71. The fourth-order valence-electron chi connectivity index (χ4n) is 1.64.